The first-order chi connectivity index (χ1) is 23.0. The molecule has 1 aliphatic heterocycles. The van der Waals surface area contributed by atoms with Gasteiger partial charge >= 0.3 is 0 Å². The summed E-state index contributed by atoms with van der Waals surface area (Å²) in [5.41, 5.74) is 3.52. The highest BCUT2D eigenvalue weighted by Crippen LogP contribution is 2.49. The number of anilines is 1. The number of allylic oxidation sites excluding steroid dienone is 3. The molecular formula is C38H37Cl2N3O5. The Morgan fingerprint density at radius 1 is 1.00 bits per heavy atom. The number of halogens is 2. The molecule has 1 unspecified atom stereocenters. The minimum atomic E-state index is -0.916. The molecule has 0 spiro atoms. The number of Topliss-reactive ketones (excluding diaryl/α,β-unsaturated/α-hetero) is 1. The van der Waals surface area contributed by atoms with Gasteiger partial charge in [0.05, 0.1) is 22.4 Å². The summed E-state index contributed by atoms with van der Waals surface area (Å²) in [6.07, 6.45) is 3.24. The molecule has 2 aliphatic carbocycles. The van der Waals surface area contributed by atoms with E-state index < -0.39 is 11.9 Å². The molecule has 0 saturated heterocycles. The van der Waals surface area contributed by atoms with Gasteiger partial charge < -0.3 is 20.5 Å². The quantitative estimate of drug-likeness (QED) is 0.219. The van der Waals surface area contributed by atoms with Gasteiger partial charge in [0, 0.05) is 42.0 Å². The van der Waals surface area contributed by atoms with Gasteiger partial charge in [-0.2, -0.15) is 0 Å². The minimum Gasteiger partial charge on any atom is -0.510 e. The molecule has 6 rings (SSSR count). The van der Waals surface area contributed by atoms with Gasteiger partial charge in [0.15, 0.2) is 5.78 Å². The van der Waals surface area contributed by atoms with Crippen LogP contribution in [0.2, 0.25) is 10.0 Å². The molecule has 0 saturated carbocycles. The third-order valence-corrected chi connectivity index (χ3v) is 9.40. The summed E-state index contributed by atoms with van der Waals surface area (Å²) in [6.45, 7) is 4.39. The molecule has 0 aromatic heterocycles. The fraction of sp³-hybridized carbons (Fsp3) is 0.289. The smallest absolute Gasteiger partial charge is 0.228 e. The summed E-state index contributed by atoms with van der Waals surface area (Å²) in [7, 11) is 0. The van der Waals surface area contributed by atoms with Crippen molar-refractivity contribution in [3.05, 3.63) is 128 Å². The normalized spacial score (nSPS) is 18.7. The fourth-order valence-corrected chi connectivity index (χ4v) is 6.96. The lowest BCUT2D eigenvalue weighted by Gasteiger charge is -2.37. The Bertz CT molecular complexity index is 1860. The summed E-state index contributed by atoms with van der Waals surface area (Å²) in [5.74, 6) is -0.269. The van der Waals surface area contributed by atoms with Crippen LogP contribution in [0.3, 0.4) is 0 Å². The van der Waals surface area contributed by atoms with Gasteiger partial charge in [-0.25, -0.2) is 0 Å². The van der Waals surface area contributed by atoms with Gasteiger partial charge in [-0.15, -0.1) is 0 Å². The molecular weight excluding hydrogens is 649 g/mol. The molecule has 3 aromatic carbocycles. The fourth-order valence-electron chi connectivity index (χ4n) is 6.51. The van der Waals surface area contributed by atoms with Crippen LogP contribution in [0.1, 0.15) is 69.5 Å². The van der Waals surface area contributed by atoms with Crippen LogP contribution in [0.25, 0.3) is 0 Å². The zero-order valence-electron chi connectivity index (χ0n) is 26.8. The van der Waals surface area contributed by atoms with Crippen molar-refractivity contribution in [3.8, 4) is 5.75 Å². The van der Waals surface area contributed by atoms with E-state index in [9.17, 15) is 19.5 Å². The number of ether oxygens (including phenoxy) is 1. The summed E-state index contributed by atoms with van der Waals surface area (Å²) in [4.78, 5) is 43.0. The average molecular weight is 687 g/mol. The number of nitrogens with one attached hydrogen (secondary N) is 2. The largest absolute Gasteiger partial charge is 0.510 e. The third kappa shape index (κ3) is 7.15. The van der Waals surface area contributed by atoms with Crippen LogP contribution in [-0.2, 0) is 21.0 Å². The predicted octanol–water partition coefficient (Wildman–Crippen LogP) is 8.55. The van der Waals surface area contributed by atoms with E-state index in [2.05, 4.69) is 10.6 Å². The SMILES string of the molecule is CC1(C)CC(=O)C2=C(C1)NC1=C(O)CCC=C1N(C(=O)CCC(=O)Nc1ccccc1Cl)C2c1ccc(OCc2ccccc2)cc1Cl. The molecule has 10 heteroatoms. The van der Waals surface area contributed by atoms with Crippen molar-refractivity contribution in [1.29, 1.82) is 0 Å². The highest BCUT2D eigenvalue weighted by Gasteiger charge is 2.45. The number of amides is 2. The van der Waals surface area contributed by atoms with E-state index in [1.165, 1.54) is 4.90 Å². The van der Waals surface area contributed by atoms with Crippen molar-refractivity contribution in [2.24, 2.45) is 5.41 Å². The van der Waals surface area contributed by atoms with Crippen LogP contribution in [0, 0.1) is 5.41 Å². The van der Waals surface area contributed by atoms with Gasteiger partial charge in [-0.3, -0.25) is 19.3 Å². The van der Waals surface area contributed by atoms with Gasteiger partial charge in [0.1, 0.15) is 23.8 Å². The number of benzene rings is 3. The van der Waals surface area contributed by atoms with E-state index in [0.29, 0.717) is 75.6 Å². The number of aliphatic hydroxyl groups is 1. The van der Waals surface area contributed by atoms with E-state index in [4.69, 9.17) is 27.9 Å². The number of ketones is 1. The maximum Gasteiger partial charge on any atom is 0.228 e. The Morgan fingerprint density at radius 3 is 2.50 bits per heavy atom. The zero-order valence-corrected chi connectivity index (χ0v) is 28.3. The van der Waals surface area contributed by atoms with Crippen LogP contribution in [-0.4, -0.2) is 27.6 Å². The standard InChI is InChI=1S/C38H37Cl2N3O5/c1-38(2)20-29-35(32(45)21-38)37(25-16-15-24(19-27(25)40)48-22-23-9-4-3-5-10-23)43(30-13-8-14-31(44)36(30)42-29)34(47)18-17-33(46)41-28-12-7-6-11-26(28)39/h3-7,9-13,15-16,19,37,42,44H,8,14,17-18,20-22H2,1-2H3,(H,41,46). The third-order valence-electron chi connectivity index (χ3n) is 8.75. The molecule has 1 atom stereocenters. The van der Waals surface area contributed by atoms with Crippen LogP contribution in [0.5, 0.6) is 5.75 Å². The number of carbonyl (C=O) groups excluding carboxylic acids is 3. The second kappa shape index (κ2) is 13.9. The first kappa shape index (κ1) is 33.4. The summed E-state index contributed by atoms with van der Waals surface area (Å²) in [5, 5.41) is 18.0. The lowest BCUT2D eigenvalue weighted by Crippen LogP contribution is -2.39. The van der Waals surface area contributed by atoms with E-state index in [1.54, 1.807) is 42.5 Å². The molecule has 248 valence electrons. The van der Waals surface area contributed by atoms with Crippen molar-refractivity contribution in [2.75, 3.05) is 5.32 Å². The monoisotopic (exact) mass is 685 g/mol. The Balaban J connectivity index is 1.39. The second-order valence-electron chi connectivity index (χ2n) is 13.1. The summed E-state index contributed by atoms with van der Waals surface area (Å²) in [6, 6.07) is 21.0. The predicted molar refractivity (Wildman–Crippen MR) is 186 cm³/mol. The summed E-state index contributed by atoms with van der Waals surface area (Å²) >= 11 is 13.2. The first-order valence-corrected chi connectivity index (χ1v) is 16.7. The Kier molecular flexibility index (Phi) is 9.67. The van der Waals surface area contributed by atoms with Crippen molar-refractivity contribution >= 4 is 46.5 Å². The number of carbonyl (C=O) groups is 3. The second-order valence-corrected chi connectivity index (χ2v) is 13.9. The van der Waals surface area contributed by atoms with Gasteiger partial charge in [-0.05, 0) is 53.6 Å². The molecule has 2 amide bonds. The zero-order chi connectivity index (χ0) is 34.0. The van der Waals surface area contributed by atoms with Gasteiger partial charge in [0.25, 0.3) is 0 Å². The van der Waals surface area contributed by atoms with Crippen molar-refractivity contribution in [3.63, 3.8) is 0 Å². The van der Waals surface area contributed by atoms with Crippen LogP contribution < -0.4 is 15.4 Å². The lowest BCUT2D eigenvalue weighted by molar-refractivity contribution is -0.132. The number of hydrogen-bond acceptors (Lipinski definition) is 6. The van der Waals surface area contributed by atoms with Crippen molar-refractivity contribution in [2.45, 2.75) is 65.0 Å². The number of aliphatic hydroxyl groups excluding tert-OH is 1. The number of rotatable bonds is 8. The van der Waals surface area contributed by atoms with E-state index in [0.717, 1.165) is 5.56 Å². The Morgan fingerprint density at radius 2 is 1.75 bits per heavy atom. The number of hydrogen-bond donors (Lipinski definition) is 3. The van der Waals surface area contributed by atoms with E-state index in [1.807, 2.05) is 50.3 Å². The Labute approximate surface area is 290 Å². The molecule has 0 radical (unpaired) electrons. The van der Waals surface area contributed by atoms with Crippen LogP contribution in [0.4, 0.5) is 5.69 Å². The summed E-state index contributed by atoms with van der Waals surface area (Å²) < 4.78 is 6.03. The topological polar surface area (TPSA) is 108 Å². The average Bonchev–Trinajstić information content (AvgIpc) is 3.19. The number of fused-ring (bicyclic) bond motifs is 1. The first-order valence-electron chi connectivity index (χ1n) is 16.0. The van der Waals surface area contributed by atoms with E-state index >= 15 is 0 Å². The maximum atomic E-state index is 14.4. The van der Waals surface area contributed by atoms with E-state index in [-0.39, 0.29) is 42.1 Å². The van der Waals surface area contributed by atoms with Crippen molar-refractivity contribution < 1.29 is 24.2 Å². The molecule has 1 heterocycles. The molecule has 8 nitrogen and oxygen atoms in total. The van der Waals surface area contributed by atoms with Crippen LogP contribution >= 0.6 is 23.2 Å². The van der Waals surface area contributed by atoms with Crippen LogP contribution in [0.15, 0.2) is 107 Å². The number of nitrogens with zero attached hydrogens (tertiary/aromatic N) is 1. The molecule has 0 bridgehead atoms. The Hall–Kier alpha value is -4.53. The van der Waals surface area contributed by atoms with Gasteiger partial charge in [0.2, 0.25) is 11.8 Å². The van der Waals surface area contributed by atoms with Crippen molar-refractivity contribution in [1.82, 2.24) is 10.2 Å². The molecule has 48 heavy (non-hydrogen) atoms. The molecule has 3 aromatic rings. The highest BCUT2D eigenvalue weighted by atomic mass is 35.5. The molecule has 3 N–H and O–H groups in total. The molecule has 3 aliphatic rings. The maximum absolute atomic E-state index is 14.4. The lowest BCUT2D eigenvalue weighted by atomic mass is 9.73. The van der Waals surface area contributed by atoms with Gasteiger partial charge in [-0.1, -0.05) is 91.7 Å². The molecule has 0 fully saturated rings. The minimum absolute atomic E-state index is 0.0980. The number of para-hydroxylation sites is 1. The highest BCUT2D eigenvalue weighted by molar-refractivity contribution is 6.33.